The average molecular weight is 434 g/mol. The maximum atomic E-state index is 11.2. The highest BCUT2D eigenvalue weighted by molar-refractivity contribution is 5.61. The molecule has 1 aromatic heterocycles. The van der Waals surface area contributed by atoms with Gasteiger partial charge >= 0.3 is 0 Å². The second-order valence-electron chi connectivity index (χ2n) is 9.07. The maximum absolute atomic E-state index is 11.2. The summed E-state index contributed by atoms with van der Waals surface area (Å²) >= 11 is 0. The highest BCUT2D eigenvalue weighted by Gasteiger charge is 2.37. The quantitative estimate of drug-likeness (QED) is 0.634. The summed E-state index contributed by atoms with van der Waals surface area (Å²) in [6.07, 6.45) is 3.19. The summed E-state index contributed by atoms with van der Waals surface area (Å²) in [6.45, 7) is 4.00. The normalized spacial score (nSPS) is 21.1. The Morgan fingerprint density at radius 1 is 1.06 bits per heavy atom. The van der Waals surface area contributed by atoms with Gasteiger partial charge in [-0.15, -0.1) is 0 Å². The van der Waals surface area contributed by atoms with Crippen LogP contribution in [0.4, 0.5) is 5.69 Å². The number of aromatic nitrogens is 1. The first kappa shape index (κ1) is 21.0. The Morgan fingerprint density at radius 3 is 2.66 bits per heavy atom. The highest BCUT2D eigenvalue weighted by atomic mass is 16.5. The van der Waals surface area contributed by atoms with Gasteiger partial charge in [-0.2, -0.15) is 0 Å². The van der Waals surface area contributed by atoms with Crippen LogP contribution in [0.1, 0.15) is 25.0 Å². The van der Waals surface area contributed by atoms with Crippen molar-refractivity contribution >= 4 is 5.69 Å². The largest absolute Gasteiger partial charge is 0.497 e. The Morgan fingerprint density at radius 2 is 1.88 bits per heavy atom. The van der Waals surface area contributed by atoms with E-state index in [0.717, 1.165) is 61.8 Å². The zero-order valence-electron chi connectivity index (χ0n) is 18.6. The smallest absolute Gasteiger partial charge is 0.140 e. The van der Waals surface area contributed by atoms with E-state index in [2.05, 4.69) is 45.3 Å². The van der Waals surface area contributed by atoms with Crippen molar-refractivity contribution in [1.82, 2.24) is 10.1 Å². The van der Waals surface area contributed by atoms with E-state index in [4.69, 9.17) is 9.26 Å². The molecule has 1 N–H and O–H groups in total. The van der Waals surface area contributed by atoms with E-state index < -0.39 is 5.60 Å². The number of anilines is 1. The van der Waals surface area contributed by atoms with Gasteiger partial charge in [0, 0.05) is 56.0 Å². The van der Waals surface area contributed by atoms with Gasteiger partial charge in [-0.1, -0.05) is 35.5 Å². The molecule has 168 valence electrons. The Bertz CT molecular complexity index is 1030. The van der Waals surface area contributed by atoms with Crippen LogP contribution in [0.15, 0.2) is 65.2 Å². The SMILES string of the molecule is COc1cccc(-c2cc(CC3(O)CCN(C4CCN(c5ccccc5)C4)CC3)on2)c1. The van der Waals surface area contributed by atoms with Gasteiger partial charge in [-0.05, 0) is 43.5 Å². The van der Waals surface area contributed by atoms with Crippen LogP contribution in [0.5, 0.6) is 5.75 Å². The molecule has 0 amide bonds. The molecular weight excluding hydrogens is 402 g/mol. The van der Waals surface area contributed by atoms with Gasteiger partial charge in [0.25, 0.3) is 0 Å². The number of likely N-dealkylation sites (tertiary alicyclic amines) is 1. The van der Waals surface area contributed by atoms with Gasteiger partial charge in [0.05, 0.1) is 12.7 Å². The van der Waals surface area contributed by atoms with Gasteiger partial charge in [0.2, 0.25) is 0 Å². The van der Waals surface area contributed by atoms with Gasteiger partial charge in [-0.3, -0.25) is 4.90 Å². The van der Waals surface area contributed by atoms with Crippen molar-refractivity contribution in [3.8, 4) is 17.0 Å². The van der Waals surface area contributed by atoms with Gasteiger partial charge in [0.15, 0.2) is 0 Å². The van der Waals surface area contributed by atoms with E-state index in [1.165, 1.54) is 12.1 Å². The lowest BCUT2D eigenvalue weighted by Crippen LogP contribution is -2.49. The van der Waals surface area contributed by atoms with E-state index in [1.807, 2.05) is 30.3 Å². The number of methoxy groups -OCH3 is 1. The van der Waals surface area contributed by atoms with Crippen molar-refractivity contribution in [2.45, 2.75) is 37.3 Å². The van der Waals surface area contributed by atoms with E-state index >= 15 is 0 Å². The van der Waals surface area contributed by atoms with Crippen molar-refractivity contribution in [2.75, 3.05) is 38.2 Å². The maximum Gasteiger partial charge on any atom is 0.140 e. The molecular formula is C26H31N3O3. The monoisotopic (exact) mass is 433 g/mol. The molecule has 6 nitrogen and oxygen atoms in total. The molecule has 0 bridgehead atoms. The number of para-hydroxylation sites is 1. The van der Waals surface area contributed by atoms with E-state index in [1.54, 1.807) is 7.11 Å². The van der Waals surface area contributed by atoms with Crippen LogP contribution in [0.3, 0.4) is 0 Å². The summed E-state index contributed by atoms with van der Waals surface area (Å²) < 4.78 is 10.9. The Hall–Kier alpha value is -2.83. The number of piperidine rings is 1. The minimum absolute atomic E-state index is 0.499. The zero-order valence-corrected chi connectivity index (χ0v) is 18.6. The Balaban J connectivity index is 1.17. The Kier molecular flexibility index (Phi) is 5.89. The lowest BCUT2D eigenvalue weighted by Gasteiger charge is -2.40. The topological polar surface area (TPSA) is 62.0 Å². The number of hydrogen-bond acceptors (Lipinski definition) is 6. The third kappa shape index (κ3) is 4.52. The second-order valence-corrected chi connectivity index (χ2v) is 9.07. The third-order valence-corrected chi connectivity index (χ3v) is 6.96. The molecule has 2 fully saturated rings. The molecule has 1 unspecified atom stereocenters. The second kappa shape index (κ2) is 8.96. The highest BCUT2D eigenvalue weighted by Crippen LogP contribution is 2.32. The molecule has 5 rings (SSSR count). The van der Waals surface area contributed by atoms with Crippen LogP contribution >= 0.6 is 0 Å². The van der Waals surface area contributed by atoms with E-state index in [9.17, 15) is 5.11 Å². The van der Waals surface area contributed by atoms with Crippen molar-refractivity contribution in [2.24, 2.45) is 0 Å². The van der Waals surface area contributed by atoms with Crippen LogP contribution in [0.25, 0.3) is 11.3 Å². The van der Waals surface area contributed by atoms with Crippen molar-refractivity contribution in [1.29, 1.82) is 0 Å². The number of hydrogen-bond donors (Lipinski definition) is 1. The molecule has 0 saturated carbocycles. The van der Waals surface area contributed by atoms with Crippen molar-refractivity contribution in [3.05, 3.63) is 66.4 Å². The first-order valence-corrected chi connectivity index (χ1v) is 11.5. The first-order chi connectivity index (χ1) is 15.6. The van der Waals surface area contributed by atoms with E-state index in [-0.39, 0.29) is 0 Å². The number of benzene rings is 2. The molecule has 3 heterocycles. The molecule has 2 aliphatic heterocycles. The summed E-state index contributed by atoms with van der Waals surface area (Å²) in [6, 6.07) is 20.9. The van der Waals surface area contributed by atoms with Crippen LogP contribution in [0, 0.1) is 0 Å². The molecule has 1 atom stereocenters. The lowest BCUT2D eigenvalue weighted by atomic mass is 9.86. The fourth-order valence-corrected chi connectivity index (χ4v) is 5.03. The molecule has 0 spiro atoms. The predicted molar refractivity (Wildman–Crippen MR) is 125 cm³/mol. The summed E-state index contributed by atoms with van der Waals surface area (Å²) in [5, 5.41) is 15.4. The lowest BCUT2D eigenvalue weighted by molar-refractivity contribution is -0.0323. The molecule has 0 aliphatic carbocycles. The van der Waals surface area contributed by atoms with Gasteiger partial charge in [-0.25, -0.2) is 0 Å². The van der Waals surface area contributed by atoms with Crippen molar-refractivity contribution < 1.29 is 14.4 Å². The Labute approximate surface area is 189 Å². The summed E-state index contributed by atoms with van der Waals surface area (Å²) in [5.41, 5.74) is 2.29. The molecule has 6 heteroatoms. The van der Waals surface area contributed by atoms with Gasteiger partial charge in [0.1, 0.15) is 17.2 Å². The number of nitrogens with zero attached hydrogens (tertiary/aromatic N) is 3. The average Bonchev–Trinajstić information content (AvgIpc) is 3.50. The molecule has 2 aromatic carbocycles. The third-order valence-electron chi connectivity index (χ3n) is 6.96. The number of aliphatic hydroxyl groups is 1. The van der Waals surface area contributed by atoms with Crippen LogP contribution in [-0.4, -0.2) is 60.1 Å². The van der Waals surface area contributed by atoms with Crippen LogP contribution in [0.2, 0.25) is 0 Å². The summed E-state index contributed by atoms with van der Waals surface area (Å²) in [7, 11) is 1.65. The molecule has 32 heavy (non-hydrogen) atoms. The van der Waals surface area contributed by atoms with Crippen LogP contribution in [-0.2, 0) is 6.42 Å². The number of rotatable bonds is 6. The molecule has 2 saturated heterocycles. The van der Waals surface area contributed by atoms with Crippen LogP contribution < -0.4 is 9.64 Å². The standard InChI is InChI=1S/C26H31N3O3/c1-31-23-9-5-6-20(16-23)25-17-24(32-27-25)18-26(30)11-14-28(15-12-26)22-10-13-29(19-22)21-7-3-2-4-8-21/h2-9,16-17,22,30H,10-15,18-19H2,1H3. The van der Waals surface area contributed by atoms with Crippen molar-refractivity contribution in [3.63, 3.8) is 0 Å². The fourth-order valence-electron chi connectivity index (χ4n) is 5.03. The zero-order chi connectivity index (χ0) is 22.0. The molecule has 0 radical (unpaired) electrons. The fraction of sp³-hybridized carbons (Fsp3) is 0.423. The number of ether oxygens (including phenoxy) is 1. The van der Waals surface area contributed by atoms with E-state index in [0.29, 0.717) is 12.5 Å². The summed E-state index contributed by atoms with van der Waals surface area (Å²) in [5.74, 6) is 1.52. The predicted octanol–water partition coefficient (Wildman–Crippen LogP) is 4.00. The first-order valence-electron chi connectivity index (χ1n) is 11.5. The minimum atomic E-state index is -0.737. The molecule has 2 aliphatic rings. The van der Waals surface area contributed by atoms with Gasteiger partial charge < -0.3 is 19.3 Å². The summed E-state index contributed by atoms with van der Waals surface area (Å²) in [4.78, 5) is 5.03. The minimum Gasteiger partial charge on any atom is -0.497 e. The molecule has 3 aromatic rings.